The summed E-state index contributed by atoms with van der Waals surface area (Å²) in [6.45, 7) is 2.22. The number of hydrogen-bond donors (Lipinski definition) is 1. The molecule has 0 fully saturated rings. The molecule has 0 heterocycles. The fourth-order valence-corrected chi connectivity index (χ4v) is 4.67. The van der Waals surface area contributed by atoms with E-state index >= 15 is 0 Å². The minimum atomic E-state index is -1.62. The Morgan fingerprint density at radius 2 is 1.43 bits per heavy atom. The molecule has 0 saturated heterocycles. The van der Waals surface area contributed by atoms with Gasteiger partial charge in [0.25, 0.3) is 0 Å². The van der Waals surface area contributed by atoms with Crippen molar-refractivity contribution in [3.8, 4) is 23.0 Å². The van der Waals surface area contributed by atoms with Crippen molar-refractivity contribution >= 4 is 11.9 Å². The highest BCUT2D eigenvalue weighted by atomic mass is 16.5. The minimum Gasteiger partial charge on any atom is -0.493 e. The number of aliphatic hydroxyl groups is 1. The summed E-state index contributed by atoms with van der Waals surface area (Å²) in [5, 5.41) is 12.2. The number of ether oxygens (including phenoxy) is 6. The van der Waals surface area contributed by atoms with Crippen molar-refractivity contribution in [2.24, 2.45) is 5.92 Å². The molecule has 0 saturated carbocycles. The molecule has 0 radical (unpaired) electrons. The van der Waals surface area contributed by atoms with Crippen LogP contribution < -0.4 is 18.9 Å². The Morgan fingerprint density at radius 3 is 2.00 bits per heavy atom. The average Bonchev–Trinajstić information content (AvgIpc) is 2.85. The second-order valence-electron chi connectivity index (χ2n) is 8.43. The van der Waals surface area contributed by atoms with Gasteiger partial charge in [0.05, 0.1) is 35.0 Å². The molecule has 0 amide bonds. The first-order valence-corrected chi connectivity index (χ1v) is 11.1. The predicted octanol–water partition coefficient (Wildman–Crippen LogP) is 2.88. The monoisotopic (exact) mass is 488 g/mol. The molecule has 1 aliphatic rings. The topological polar surface area (TPSA) is 110 Å². The third kappa shape index (κ3) is 5.30. The van der Waals surface area contributed by atoms with E-state index in [1.807, 2.05) is 18.2 Å². The van der Waals surface area contributed by atoms with E-state index < -0.39 is 29.4 Å². The molecule has 9 heteroatoms. The van der Waals surface area contributed by atoms with Crippen LogP contribution in [0.4, 0.5) is 0 Å². The second-order valence-corrected chi connectivity index (χ2v) is 8.43. The molecule has 3 atom stereocenters. The van der Waals surface area contributed by atoms with Crippen LogP contribution in [0.2, 0.25) is 0 Å². The maximum atomic E-state index is 12.2. The number of rotatable bonds is 9. The minimum absolute atomic E-state index is 0.0648. The van der Waals surface area contributed by atoms with Crippen molar-refractivity contribution in [3.63, 3.8) is 0 Å². The van der Waals surface area contributed by atoms with Gasteiger partial charge >= 0.3 is 11.9 Å². The highest BCUT2D eigenvalue weighted by Crippen LogP contribution is 2.50. The van der Waals surface area contributed by atoms with Crippen molar-refractivity contribution in [2.45, 2.75) is 31.8 Å². The summed E-state index contributed by atoms with van der Waals surface area (Å²) in [5.41, 5.74) is 0.724. The van der Waals surface area contributed by atoms with E-state index in [0.717, 1.165) is 11.1 Å². The molecule has 0 aromatic heterocycles. The Hall–Kier alpha value is -3.46. The van der Waals surface area contributed by atoms with E-state index in [1.165, 1.54) is 35.2 Å². The van der Waals surface area contributed by atoms with Crippen molar-refractivity contribution in [1.29, 1.82) is 0 Å². The molecule has 3 rings (SSSR count). The molecule has 0 unspecified atom stereocenters. The zero-order valence-electron chi connectivity index (χ0n) is 20.9. The summed E-state index contributed by atoms with van der Waals surface area (Å²) >= 11 is 0. The van der Waals surface area contributed by atoms with Gasteiger partial charge in [-0.05, 0) is 47.4 Å². The van der Waals surface area contributed by atoms with Crippen LogP contribution in [0.3, 0.4) is 0 Å². The summed E-state index contributed by atoms with van der Waals surface area (Å²) < 4.78 is 32.6. The lowest BCUT2D eigenvalue weighted by Gasteiger charge is -2.46. The van der Waals surface area contributed by atoms with E-state index in [-0.39, 0.29) is 13.2 Å². The summed E-state index contributed by atoms with van der Waals surface area (Å²) in [5.74, 6) is -0.253. The molecule has 2 aromatic carbocycles. The van der Waals surface area contributed by atoms with Gasteiger partial charge in [0.15, 0.2) is 23.0 Å². The number of methoxy groups -OCH3 is 4. The number of carbonyl (C=O) groups excluding carboxylic acids is 2. The van der Waals surface area contributed by atoms with Crippen molar-refractivity contribution in [3.05, 3.63) is 47.0 Å². The van der Waals surface area contributed by atoms with E-state index in [4.69, 9.17) is 28.4 Å². The first-order valence-electron chi connectivity index (χ1n) is 11.1. The van der Waals surface area contributed by atoms with Crippen molar-refractivity contribution < 1.29 is 43.1 Å². The number of fused-ring (bicyclic) bond motifs is 1. The van der Waals surface area contributed by atoms with Crippen LogP contribution in [0.15, 0.2) is 30.3 Å². The average molecular weight is 489 g/mol. The molecule has 0 aliphatic heterocycles. The van der Waals surface area contributed by atoms with Gasteiger partial charge in [0.2, 0.25) is 0 Å². The second kappa shape index (κ2) is 10.9. The largest absolute Gasteiger partial charge is 0.493 e. The van der Waals surface area contributed by atoms with Crippen LogP contribution in [0.25, 0.3) is 0 Å². The van der Waals surface area contributed by atoms with Crippen LogP contribution in [0, 0.1) is 5.92 Å². The Morgan fingerprint density at radius 1 is 0.857 bits per heavy atom. The molecular weight excluding hydrogens is 456 g/mol. The van der Waals surface area contributed by atoms with Gasteiger partial charge in [-0.2, -0.15) is 0 Å². The highest BCUT2D eigenvalue weighted by Gasteiger charge is 2.51. The molecular formula is C26H32O9. The maximum absolute atomic E-state index is 12.2. The highest BCUT2D eigenvalue weighted by molar-refractivity contribution is 5.66. The van der Waals surface area contributed by atoms with E-state index in [1.54, 1.807) is 19.2 Å². The molecule has 0 bridgehead atoms. The number of benzene rings is 2. The van der Waals surface area contributed by atoms with Crippen LogP contribution in [-0.4, -0.2) is 64.3 Å². The van der Waals surface area contributed by atoms with Crippen LogP contribution in [0.1, 0.15) is 36.5 Å². The molecule has 1 aliphatic carbocycles. The normalized spacial score (nSPS) is 20.9. The molecule has 1 N–H and O–H groups in total. The quantitative estimate of drug-likeness (QED) is 0.533. The van der Waals surface area contributed by atoms with Gasteiger partial charge in [-0.25, -0.2) is 0 Å². The van der Waals surface area contributed by atoms with Crippen molar-refractivity contribution in [2.75, 3.05) is 41.7 Å². The lowest BCUT2D eigenvalue weighted by molar-refractivity contribution is -0.163. The molecule has 9 nitrogen and oxygen atoms in total. The van der Waals surface area contributed by atoms with Gasteiger partial charge in [-0.3, -0.25) is 9.59 Å². The van der Waals surface area contributed by atoms with Crippen LogP contribution in [-0.2, 0) is 25.5 Å². The standard InChI is InChI=1S/C26H32O9/c1-15(27)34-13-19-9-18-11-23(32-5)24(33-6)12-20(18)25(26(19,29)14-35-16(2)28)17-7-8-21(30-3)22(10-17)31-4/h7-8,10-12,19,25,29H,9,13-14H2,1-6H3/t19-,25-,26+/m0/s1. The fraction of sp³-hybridized carbons (Fsp3) is 0.462. The van der Waals surface area contributed by atoms with Gasteiger partial charge in [0.1, 0.15) is 12.2 Å². The van der Waals surface area contributed by atoms with Crippen LogP contribution in [0.5, 0.6) is 23.0 Å². The first kappa shape index (κ1) is 26.2. The molecule has 35 heavy (non-hydrogen) atoms. The smallest absolute Gasteiger partial charge is 0.302 e. The van der Waals surface area contributed by atoms with Gasteiger partial charge in [-0.1, -0.05) is 6.07 Å². The van der Waals surface area contributed by atoms with Gasteiger partial charge in [-0.15, -0.1) is 0 Å². The summed E-state index contributed by atoms with van der Waals surface area (Å²) in [4.78, 5) is 23.4. The third-order valence-corrected chi connectivity index (χ3v) is 6.36. The first-order chi connectivity index (χ1) is 16.7. The predicted molar refractivity (Wildman–Crippen MR) is 126 cm³/mol. The van der Waals surface area contributed by atoms with E-state index in [2.05, 4.69) is 0 Å². The Balaban J connectivity index is 2.27. The third-order valence-electron chi connectivity index (χ3n) is 6.36. The SMILES string of the molecule is COc1ccc([C@H]2c3cc(OC)c(OC)cc3C[C@@H](COC(C)=O)[C@]2(O)COC(C)=O)cc1OC. The fourth-order valence-electron chi connectivity index (χ4n) is 4.67. The molecule has 190 valence electrons. The molecule has 0 spiro atoms. The van der Waals surface area contributed by atoms with E-state index in [9.17, 15) is 14.7 Å². The summed E-state index contributed by atoms with van der Waals surface area (Å²) in [6.07, 6.45) is 0.352. The summed E-state index contributed by atoms with van der Waals surface area (Å²) in [6, 6.07) is 9.01. The molecule has 2 aromatic rings. The maximum Gasteiger partial charge on any atom is 0.302 e. The zero-order chi connectivity index (χ0) is 25.8. The van der Waals surface area contributed by atoms with Gasteiger partial charge < -0.3 is 33.5 Å². The summed E-state index contributed by atoms with van der Waals surface area (Å²) in [7, 11) is 6.15. The Kier molecular flexibility index (Phi) is 8.11. The van der Waals surface area contributed by atoms with Crippen LogP contribution >= 0.6 is 0 Å². The number of carbonyl (C=O) groups is 2. The van der Waals surface area contributed by atoms with Crippen molar-refractivity contribution in [1.82, 2.24) is 0 Å². The number of esters is 2. The number of hydrogen-bond acceptors (Lipinski definition) is 9. The lowest BCUT2D eigenvalue weighted by atomic mass is 9.63. The Labute approximate surface area is 204 Å². The lowest BCUT2D eigenvalue weighted by Crippen LogP contribution is -2.54. The van der Waals surface area contributed by atoms with Gasteiger partial charge in [0, 0.05) is 25.7 Å². The van der Waals surface area contributed by atoms with E-state index in [0.29, 0.717) is 35.0 Å². The zero-order valence-corrected chi connectivity index (χ0v) is 20.9. The Bertz CT molecular complexity index is 1080.